The molecule has 1 amide bonds. The highest BCUT2D eigenvalue weighted by Crippen LogP contribution is 1.95. The monoisotopic (exact) mass is 173 g/mol. The zero-order valence-corrected chi connectivity index (χ0v) is 7.64. The Hall–Kier alpha value is -0.770. The molecule has 0 spiro atoms. The van der Waals surface area contributed by atoms with Crippen LogP contribution < -0.4 is 0 Å². The number of likely N-dealkylation sites (N-methyl/N-ethyl adjacent to an activating group) is 1. The number of rotatable bonds is 2. The summed E-state index contributed by atoms with van der Waals surface area (Å²) in [6.45, 7) is 0. The van der Waals surface area contributed by atoms with Crippen LogP contribution in [0, 0.1) is 0 Å². The van der Waals surface area contributed by atoms with E-state index in [0.29, 0.717) is 0 Å². The average molecular weight is 173 g/mol. The fraction of sp³-hybridized carbons (Fsp3) is 0.429. The van der Waals surface area contributed by atoms with Crippen LogP contribution >= 0.6 is 11.8 Å². The van der Waals surface area contributed by atoms with Crippen molar-refractivity contribution in [2.75, 3.05) is 20.4 Å². The highest BCUT2D eigenvalue weighted by molar-refractivity contribution is 8.13. The molecule has 0 heterocycles. The second-order valence-corrected chi connectivity index (χ2v) is 2.90. The maximum absolute atomic E-state index is 10.8. The van der Waals surface area contributed by atoms with E-state index in [-0.39, 0.29) is 11.0 Å². The van der Waals surface area contributed by atoms with E-state index in [1.807, 2.05) is 0 Å². The minimum atomic E-state index is -0.174. The highest BCUT2D eigenvalue weighted by atomic mass is 32.2. The topological polar surface area (TPSA) is 37.4 Å². The third-order valence-corrected chi connectivity index (χ3v) is 1.54. The Labute approximate surface area is 70.4 Å². The van der Waals surface area contributed by atoms with Gasteiger partial charge >= 0.3 is 0 Å². The maximum atomic E-state index is 10.8. The van der Waals surface area contributed by atoms with Crippen LogP contribution in [0.4, 0.5) is 0 Å². The Balaban J connectivity index is 3.93. The van der Waals surface area contributed by atoms with Gasteiger partial charge in [0.15, 0.2) is 0 Å². The maximum Gasteiger partial charge on any atom is 0.246 e. The Morgan fingerprint density at radius 2 is 1.82 bits per heavy atom. The van der Waals surface area contributed by atoms with E-state index in [1.165, 1.54) is 17.1 Å². The molecule has 0 radical (unpaired) electrons. The van der Waals surface area contributed by atoms with Gasteiger partial charge in [-0.25, -0.2) is 0 Å². The zero-order chi connectivity index (χ0) is 8.85. The summed E-state index contributed by atoms with van der Waals surface area (Å²) in [6, 6.07) is 0. The molecular weight excluding hydrogens is 162 g/mol. The molecule has 62 valence electrons. The van der Waals surface area contributed by atoms with E-state index in [0.717, 1.165) is 11.8 Å². The van der Waals surface area contributed by atoms with Crippen molar-refractivity contribution in [2.24, 2.45) is 0 Å². The Kier molecular flexibility index (Phi) is 4.61. The molecule has 0 saturated carbocycles. The SMILES string of the molecule is CSC(=O)/C=C/C(=O)N(C)C. The molecule has 0 unspecified atom stereocenters. The first-order chi connectivity index (χ1) is 5.07. The van der Waals surface area contributed by atoms with Crippen LogP contribution in [0.5, 0.6) is 0 Å². The summed E-state index contributed by atoms with van der Waals surface area (Å²) in [5, 5.41) is -0.111. The summed E-state index contributed by atoms with van der Waals surface area (Å²) in [7, 11) is 3.27. The predicted molar refractivity (Wildman–Crippen MR) is 46.4 cm³/mol. The van der Waals surface area contributed by atoms with Crippen molar-refractivity contribution in [3.8, 4) is 0 Å². The largest absolute Gasteiger partial charge is 0.345 e. The van der Waals surface area contributed by atoms with Crippen molar-refractivity contribution >= 4 is 22.8 Å². The normalized spacial score (nSPS) is 10.1. The first kappa shape index (κ1) is 10.2. The molecule has 0 aromatic carbocycles. The van der Waals surface area contributed by atoms with Crippen molar-refractivity contribution in [3.05, 3.63) is 12.2 Å². The number of hydrogen-bond acceptors (Lipinski definition) is 3. The second kappa shape index (κ2) is 4.96. The molecule has 0 aromatic rings. The first-order valence-corrected chi connectivity index (χ1v) is 4.27. The van der Waals surface area contributed by atoms with Gasteiger partial charge < -0.3 is 4.90 Å². The quantitative estimate of drug-likeness (QED) is 0.571. The van der Waals surface area contributed by atoms with Gasteiger partial charge in [0.25, 0.3) is 0 Å². The lowest BCUT2D eigenvalue weighted by atomic mass is 10.5. The molecule has 0 aliphatic heterocycles. The Morgan fingerprint density at radius 3 is 2.18 bits per heavy atom. The summed E-state index contributed by atoms with van der Waals surface area (Å²) >= 11 is 1.08. The Morgan fingerprint density at radius 1 is 1.27 bits per heavy atom. The van der Waals surface area contributed by atoms with Gasteiger partial charge in [0.1, 0.15) is 0 Å². The van der Waals surface area contributed by atoms with Crippen molar-refractivity contribution in [2.45, 2.75) is 0 Å². The van der Waals surface area contributed by atoms with E-state index in [9.17, 15) is 9.59 Å². The number of hydrogen-bond donors (Lipinski definition) is 0. The third-order valence-electron chi connectivity index (χ3n) is 1.00. The van der Waals surface area contributed by atoms with E-state index in [4.69, 9.17) is 0 Å². The molecule has 0 atom stereocenters. The lowest BCUT2D eigenvalue weighted by Gasteiger charge is -2.04. The zero-order valence-electron chi connectivity index (χ0n) is 6.83. The number of carbonyl (C=O) groups is 2. The summed E-state index contributed by atoms with van der Waals surface area (Å²) in [5.74, 6) is -0.174. The van der Waals surface area contributed by atoms with Crippen LogP contribution in [0.3, 0.4) is 0 Å². The van der Waals surface area contributed by atoms with E-state index >= 15 is 0 Å². The van der Waals surface area contributed by atoms with Gasteiger partial charge in [-0.2, -0.15) is 0 Å². The number of amides is 1. The van der Waals surface area contributed by atoms with Crippen LogP contribution in [-0.2, 0) is 9.59 Å². The van der Waals surface area contributed by atoms with Crippen LogP contribution in [-0.4, -0.2) is 36.3 Å². The Bertz CT molecular complexity index is 187. The molecule has 0 fully saturated rings. The van der Waals surface area contributed by atoms with Gasteiger partial charge in [0, 0.05) is 20.2 Å². The molecule has 0 bridgehead atoms. The molecular formula is C7H11NO2S. The minimum absolute atomic E-state index is 0.111. The average Bonchev–Trinajstić information content (AvgIpc) is 1.99. The molecule has 0 N–H and O–H groups in total. The van der Waals surface area contributed by atoms with Gasteiger partial charge in [0.05, 0.1) is 0 Å². The van der Waals surface area contributed by atoms with Crippen LogP contribution in [0.15, 0.2) is 12.2 Å². The minimum Gasteiger partial charge on any atom is -0.345 e. The second-order valence-electron chi connectivity index (χ2n) is 2.09. The summed E-state index contributed by atoms with van der Waals surface area (Å²) in [4.78, 5) is 22.9. The predicted octanol–water partition coefficient (Wildman–Crippen LogP) is 0.520. The highest BCUT2D eigenvalue weighted by Gasteiger charge is 1.98. The summed E-state index contributed by atoms with van der Waals surface area (Å²) < 4.78 is 0. The van der Waals surface area contributed by atoms with Crippen molar-refractivity contribution < 1.29 is 9.59 Å². The number of nitrogens with zero attached hydrogens (tertiary/aromatic N) is 1. The smallest absolute Gasteiger partial charge is 0.246 e. The van der Waals surface area contributed by atoms with E-state index < -0.39 is 0 Å². The lowest BCUT2D eigenvalue weighted by molar-refractivity contribution is -0.123. The fourth-order valence-corrected chi connectivity index (χ4v) is 0.561. The molecule has 0 rings (SSSR count). The molecule has 3 nitrogen and oxygen atoms in total. The van der Waals surface area contributed by atoms with Crippen molar-refractivity contribution in [1.29, 1.82) is 0 Å². The molecule has 11 heavy (non-hydrogen) atoms. The van der Waals surface area contributed by atoms with Gasteiger partial charge in [-0.1, -0.05) is 11.8 Å². The van der Waals surface area contributed by atoms with E-state index in [1.54, 1.807) is 20.4 Å². The van der Waals surface area contributed by atoms with Gasteiger partial charge in [0.2, 0.25) is 11.0 Å². The van der Waals surface area contributed by atoms with E-state index in [2.05, 4.69) is 0 Å². The third kappa shape index (κ3) is 4.61. The molecule has 0 aliphatic carbocycles. The van der Waals surface area contributed by atoms with Crippen LogP contribution in [0.1, 0.15) is 0 Å². The van der Waals surface area contributed by atoms with Crippen molar-refractivity contribution in [3.63, 3.8) is 0 Å². The first-order valence-electron chi connectivity index (χ1n) is 3.05. The number of carbonyl (C=O) groups excluding carboxylic acids is 2. The van der Waals surface area contributed by atoms with Crippen molar-refractivity contribution in [1.82, 2.24) is 4.90 Å². The van der Waals surface area contributed by atoms with Crippen LogP contribution in [0.25, 0.3) is 0 Å². The standard InChI is InChI=1S/C7H11NO2S/c1-8(2)6(9)4-5-7(10)11-3/h4-5H,1-3H3/b5-4+. The molecule has 0 aliphatic rings. The molecule has 4 heteroatoms. The summed E-state index contributed by atoms with van der Waals surface area (Å²) in [6.07, 6.45) is 4.21. The van der Waals surface area contributed by atoms with Gasteiger partial charge in [-0.3, -0.25) is 9.59 Å². The molecule has 0 saturated heterocycles. The molecule has 0 aromatic heterocycles. The number of thioether (sulfide) groups is 1. The lowest BCUT2D eigenvalue weighted by Crippen LogP contribution is -2.18. The van der Waals surface area contributed by atoms with Gasteiger partial charge in [-0.05, 0) is 12.3 Å². The summed E-state index contributed by atoms with van der Waals surface area (Å²) in [5.41, 5.74) is 0. The van der Waals surface area contributed by atoms with Crippen LogP contribution in [0.2, 0.25) is 0 Å². The van der Waals surface area contributed by atoms with Gasteiger partial charge in [-0.15, -0.1) is 0 Å². The fourth-order valence-electron chi connectivity index (χ4n) is 0.356.